The molecule has 4 amide bonds. The van der Waals surface area contributed by atoms with Gasteiger partial charge < -0.3 is 75.1 Å². The maximum atomic E-state index is 15.3. The zero-order valence-corrected chi connectivity index (χ0v) is 61.4. The summed E-state index contributed by atoms with van der Waals surface area (Å²) in [6.07, 6.45) is 2.28. The molecular weight excluding hydrogens is 1470 g/mol. The average molecular weight is 1540 g/mol. The normalized spacial score (nSPS) is 23.2. The molecule has 13 heterocycles. The first kappa shape index (κ1) is 72.8. The van der Waals surface area contributed by atoms with E-state index in [0.717, 1.165) is 56.5 Å². The monoisotopic (exact) mass is 1540 g/mol. The predicted molar refractivity (Wildman–Crippen MR) is 381 cm³/mol. The smallest absolute Gasteiger partial charge is 0.358 e. The van der Waals surface area contributed by atoms with E-state index in [0.29, 0.717) is 40.6 Å². The Labute approximate surface area is 622 Å². The van der Waals surface area contributed by atoms with Crippen molar-refractivity contribution in [3.8, 4) is 38.4 Å². The van der Waals surface area contributed by atoms with Crippen molar-refractivity contribution in [1.29, 1.82) is 0 Å². The van der Waals surface area contributed by atoms with Crippen molar-refractivity contribution in [3.05, 3.63) is 160 Å². The topological polar surface area (TPSA) is 427 Å². The lowest BCUT2D eigenvalue weighted by Crippen LogP contribution is -2.62. The Bertz CT molecular complexity index is 5000. The van der Waals surface area contributed by atoms with Gasteiger partial charge in [0.05, 0.1) is 48.8 Å². The van der Waals surface area contributed by atoms with Crippen LogP contribution in [0, 0.1) is 0 Å². The van der Waals surface area contributed by atoms with Crippen LogP contribution in [0.5, 0.6) is 5.75 Å². The number of amides is 4. The van der Waals surface area contributed by atoms with Gasteiger partial charge in [-0.25, -0.2) is 59.4 Å². The number of hydrogen-bond acceptors (Lipinski definition) is 33. The molecule has 33 nitrogen and oxygen atoms in total. The molecule has 10 atom stereocenters. The summed E-state index contributed by atoms with van der Waals surface area (Å²) in [5, 5.41) is 67.2. The fourth-order valence-corrected chi connectivity index (χ4v) is 17.4. The number of pyridine rings is 1. The van der Waals surface area contributed by atoms with Crippen LogP contribution < -0.4 is 21.3 Å². The fourth-order valence-electron chi connectivity index (χ4n) is 13.2. The summed E-state index contributed by atoms with van der Waals surface area (Å²) in [7, 11) is 4.88. The van der Waals surface area contributed by atoms with Gasteiger partial charge in [0.15, 0.2) is 18.1 Å². The zero-order valence-electron chi connectivity index (χ0n) is 57.3. The van der Waals surface area contributed by atoms with Crippen molar-refractivity contribution in [2.24, 2.45) is 0 Å². The summed E-state index contributed by atoms with van der Waals surface area (Å²) in [6, 6.07) is 0.949. The van der Waals surface area contributed by atoms with Crippen LogP contribution in [0.3, 0.4) is 0 Å². The third kappa shape index (κ3) is 14.9. The molecule has 1 fully saturated rings. The number of aliphatic hydroxyl groups is 2. The van der Waals surface area contributed by atoms with Crippen LogP contribution in [0.1, 0.15) is 131 Å². The fraction of sp³-hybridized carbons (Fsp3) is 0.353. The van der Waals surface area contributed by atoms with E-state index in [2.05, 4.69) is 56.1 Å². The van der Waals surface area contributed by atoms with Gasteiger partial charge in [0, 0.05) is 105 Å². The van der Waals surface area contributed by atoms with Crippen LogP contribution in [0.2, 0.25) is 0 Å². The summed E-state index contributed by atoms with van der Waals surface area (Å²) in [6.45, 7) is 5.55. The summed E-state index contributed by atoms with van der Waals surface area (Å²) >= 11 is 4.98. The third-order valence-electron chi connectivity index (χ3n) is 18.0. The van der Waals surface area contributed by atoms with E-state index in [-0.39, 0.29) is 99.9 Å². The molecule has 0 spiro atoms. The quantitative estimate of drug-likeness (QED) is 0.0398. The highest BCUT2D eigenvalue weighted by atomic mass is 32.1. The Kier molecular flexibility index (Phi) is 20.9. The highest BCUT2D eigenvalue weighted by Crippen LogP contribution is 2.43. The molecule has 10 aromatic rings. The van der Waals surface area contributed by atoms with Crippen LogP contribution in [0.4, 0.5) is 0 Å². The van der Waals surface area contributed by atoms with Crippen molar-refractivity contribution >= 4 is 109 Å². The number of cyclic esters (lactones) is 2. The molecule has 106 heavy (non-hydrogen) atoms. The average Bonchev–Trinajstić information content (AvgIpc) is 1.58. The van der Waals surface area contributed by atoms with Crippen molar-refractivity contribution in [3.63, 3.8) is 0 Å². The molecule has 8 N–H and O–H groups in total. The van der Waals surface area contributed by atoms with E-state index in [1.165, 1.54) is 73.2 Å². The summed E-state index contributed by atoms with van der Waals surface area (Å²) in [5.74, 6) is -6.04. The molecule has 4 aliphatic heterocycles. The van der Waals surface area contributed by atoms with Gasteiger partial charge in [0.2, 0.25) is 5.91 Å². The van der Waals surface area contributed by atoms with Gasteiger partial charge in [0.1, 0.15) is 127 Å². The number of ether oxygens (including phenoxy) is 6. The molecule has 0 radical (unpaired) electrons. The van der Waals surface area contributed by atoms with Crippen molar-refractivity contribution in [1.82, 2.24) is 85.6 Å². The van der Waals surface area contributed by atoms with Crippen LogP contribution >= 0.6 is 56.7 Å². The Hall–Kier alpha value is -10.1. The standard InChI is InChI=1S/C68H67N17O16S5/c1-30(86)48-60(91)81-49(31(2)96-7)63-77-43(27-105-63)59(90)82-52-54-55(101-46-12-68(4,94)56(83(5)6)32(3)100-46)67(93)98-20-35-9-8-10-44-47(35)38(21-97-54)53(85(44)95)66(92)99-22-39(74-57(88)41-26-106-65(52)78-41)62-75-40(24-104-62)50-37(61-76-42(25-103-61)58(89)80-48)11-45(87)51(79-50)64-73-36(23-102-64)19-84(17-33-13-69-28-70-14-33)18-34-15-71-29-72-16-34/h8-11,13-16,23-30,32,39,46,48,52,54-56,86-87,94-95H,12,17-22H2,1-7H3,(H,74,88)(H,80,89)(H,81,91)(H,82,90)/b49-31+. The number of nitrogens with zero attached hydrogens (tertiary/aromatic N) is 13. The molecule has 550 valence electrons. The number of thiazole rings is 5. The van der Waals surface area contributed by atoms with Crippen molar-refractivity contribution in [2.75, 3.05) is 27.8 Å². The summed E-state index contributed by atoms with van der Waals surface area (Å²) in [4.78, 5) is 140. The number of likely N-dealkylation sites (N-methyl/N-ethyl adjacent to an activating group) is 1. The van der Waals surface area contributed by atoms with Crippen LogP contribution in [0.25, 0.3) is 49.3 Å². The van der Waals surface area contributed by atoms with Gasteiger partial charge in [-0.1, -0.05) is 12.1 Å². The number of hydrogen-bond donors (Lipinski definition) is 8. The second-order valence-corrected chi connectivity index (χ2v) is 30.1. The lowest BCUT2D eigenvalue weighted by Gasteiger charge is -2.48. The number of carbonyl (C=O) groups excluding carboxylic acids is 6. The van der Waals surface area contributed by atoms with Gasteiger partial charge in [0.25, 0.3) is 17.7 Å². The molecule has 1 aromatic carbocycles. The maximum absolute atomic E-state index is 15.3. The number of esters is 2. The minimum atomic E-state index is -1.90. The van der Waals surface area contributed by atoms with E-state index >= 15 is 19.2 Å². The number of benzene rings is 1. The van der Waals surface area contributed by atoms with Crippen LogP contribution in [-0.4, -0.2) is 197 Å². The SMILES string of the molecule is CO/C(C)=C1/NC(=O)C(C(C)O)NC(=O)c2csc(n2)-c2cc(O)c(-c3nc(CN(Cc4cncnc4)Cc4cncnc4)cs3)nc2-c2csc(n2)C2COC(=O)c3c4c5c(cccc5n3O)COC(=O)C(OC3CC(C)(O)C(N(C)C)C(C)O3)C(OC4)C(NC(=O)c3csc1n3)c1nc(cs1)C(=O)N2. The van der Waals surface area contributed by atoms with E-state index in [4.69, 9.17) is 48.4 Å². The minimum absolute atomic E-state index is 0.00269. The lowest BCUT2D eigenvalue weighted by atomic mass is 9.85. The van der Waals surface area contributed by atoms with Gasteiger partial charge in [-0.2, -0.15) is 4.73 Å². The summed E-state index contributed by atoms with van der Waals surface area (Å²) in [5.41, 5.74) is 0.398. The number of rotatable bonds is 12. The van der Waals surface area contributed by atoms with Crippen molar-refractivity contribution in [2.45, 2.75) is 127 Å². The van der Waals surface area contributed by atoms with Crippen LogP contribution in [0.15, 0.2) is 94.4 Å². The summed E-state index contributed by atoms with van der Waals surface area (Å²) < 4.78 is 38.5. The van der Waals surface area contributed by atoms with E-state index in [1.54, 1.807) is 75.1 Å². The number of aromatic hydroxyl groups is 1. The second kappa shape index (κ2) is 30.4. The maximum Gasteiger partial charge on any atom is 0.358 e. The minimum Gasteiger partial charge on any atom is -0.506 e. The molecule has 1 saturated heterocycles. The number of nitrogens with one attached hydrogen (secondary N) is 4. The molecule has 14 rings (SSSR count). The van der Waals surface area contributed by atoms with Gasteiger partial charge in [-0.05, 0) is 59.5 Å². The Morgan fingerprint density at radius 1 is 0.764 bits per heavy atom. The second-order valence-electron chi connectivity index (χ2n) is 25.8. The first-order valence-corrected chi connectivity index (χ1v) is 37.2. The Morgan fingerprint density at radius 2 is 1.41 bits per heavy atom. The predicted octanol–water partition coefficient (Wildman–Crippen LogP) is 5.95. The molecule has 0 aliphatic carbocycles. The number of aliphatic hydroxyl groups excluding tert-OH is 1. The van der Waals surface area contributed by atoms with Crippen molar-refractivity contribution < 1.29 is 77.7 Å². The van der Waals surface area contributed by atoms with E-state index < -0.39 is 122 Å². The van der Waals surface area contributed by atoms with Gasteiger partial charge in [-0.3, -0.25) is 24.1 Å². The molecular formula is C68H67N17O16S5. The first-order chi connectivity index (χ1) is 51.0. The first-order valence-electron chi connectivity index (χ1n) is 32.8. The zero-order chi connectivity index (χ0) is 74.4. The van der Waals surface area contributed by atoms with E-state index in [9.17, 15) is 30.1 Å². The third-order valence-corrected chi connectivity index (χ3v) is 22.5. The number of allylic oxidation sites excluding steroid dienone is 1. The molecule has 9 aromatic heterocycles. The van der Waals surface area contributed by atoms with Gasteiger partial charge in [-0.15, -0.1) is 56.7 Å². The number of fused-ring (bicyclic) bond motifs is 15. The molecule has 0 saturated carbocycles. The number of carbonyl (C=O) groups is 6. The lowest BCUT2D eigenvalue weighted by molar-refractivity contribution is -0.280. The van der Waals surface area contributed by atoms with Crippen LogP contribution in [-0.2, 0) is 70.9 Å². The number of methoxy groups -OCH3 is 1. The molecule has 10 unspecified atom stereocenters. The molecule has 4 aliphatic rings. The Morgan fingerprint density at radius 3 is 2.10 bits per heavy atom. The Balaban J connectivity index is 0.915. The number of aromatic nitrogens is 11. The molecule has 12 bridgehead atoms. The highest BCUT2D eigenvalue weighted by Gasteiger charge is 2.50. The highest BCUT2D eigenvalue weighted by molar-refractivity contribution is 7.14. The molecule has 38 heteroatoms. The van der Waals surface area contributed by atoms with E-state index in [1.807, 2.05) is 5.38 Å². The van der Waals surface area contributed by atoms with Gasteiger partial charge >= 0.3 is 11.9 Å². The largest absolute Gasteiger partial charge is 0.506 e.